The third-order valence-electron chi connectivity index (χ3n) is 11.1. The first-order chi connectivity index (χ1) is 27.3. The molecule has 2 aromatic heterocycles. The standard InChI is InChI=1S/C52H41N3O/c1-6-8-17-33(3)30-34(7-2)36-20-14-21-37(31-36)38-28-29-45-43(32-38)47-41(24-16-27-46(47)56-45)50-53-49(35-18-10-9-11-19-35)54-51(55-50)42-25-15-23-40-39-22-12-13-26-44(39)52(4,5)48(40)42/h6-29,31-32,34H,1-3,30H2,4-5H3/b17-8+. The summed E-state index contributed by atoms with van der Waals surface area (Å²) in [4.78, 5) is 15.7. The molecule has 270 valence electrons. The molecular formula is C52H41N3O. The molecular weight excluding hydrogens is 683 g/mol. The summed E-state index contributed by atoms with van der Waals surface area (Å²) in [6.45, 7) is 16.8. The maximum absolute atomic E-state index is 6.51. The second-order valence-corrected chi connectivity index (χ2v) is 15.0. The van der Waals surface area contributed by atoms with Crippen molar-refractivity contribution in [3.63, 3.8) is 0 Å². The molecule has 0 fully saturated rings. The Kier molecular flexibility index (Phi) is 8.75. The quantitative estimate of drug-likeness (QED) is 0.104. The van der Waals surface area contributed by atoms with E-state index in [4.69, 9.17) is 19.4 Å². The number of fused-ring (bicyclic) bond motifs is 6. The molecule has 0 spiro atoms. The van der Waals surface area contributed by atoms with Crippen LogP contribution in [0, 0.1) is 0 Å². The summed E-state index contributed by atoms with van der Waals surface area (Å²) < 4.78 is 6.51. The number of hydrogen-bond donors (Lipinski definition) is 0. The van der Waals surface area contributed by atoms with Crippen molar-refractivity contribution >= 4 is 21.9 Å². The van der Waals surface area contributed by atoms with E-state index in [-0.39, 0.29) is 11.3 Å². The zero-order valence-corrected chi connectivity index (χ0v) is 31.7. The van der Waals surface area contributed by atoms with Crippen molar-refractivity contribution in [3.8, 4) is 56.4 Å². The molecule has 1 aliphatic rings. The van der Waals surface area contributed by atoms with Gasteiger partial charge in [0.15, 0.2) is 17.5 Å². The van der Waals surface area contributed by atoms with E-state index in [9.17, 15) is 0 Å². The topological polar surface area (TPSA) is 51.8 Å². The summed E-state index contributed by atoms with van der Waals surface area (Å²) in [5, 5.41) is 1.97. The molecule has 1 atom stereocenters. The molecule has 0 saturated carbocycles. The van der Waals surface area contributed by atoms with Crippen LogP contribution >= 0.6 is 0 Å². The number of benzene rings is 6. The first-order valence-electron chi connectivity index (χ1n) is 19.0. The van der Waals surface area contributed by atoms with Crippen LogP contribution in [0.15, 0.2) is 187 Å². The van der Waals surface area contributed by atoms with Crippen LogP contribution in [-0.4, -0.2) is 15.0 Å². The highest BCUT2D eigenvalue weighted by molar-refractivity contribution is 6.12. The highest BCUT2D eigenvalue weighted by atomic mass is 16.3. The van der Waals surface area contributed by atoms with Crippen molar-refractivity contribution in [1.29, 1.82) is 0 Å². The first-order valence-corrected chi connectivity index (χ1v) is 19.0. The van der Waals surface area contributed by atoms with Crippen molar-refractivity contribution in [2.45, 2.75) is 31.6 Å². The largest absolute Gasteiger partial charge is 0.456 e. The van der Waals surface area contributed by atoms with Gasteiger partial charge in [-0.15, -0.1) is 6.58 Å². The summed E-state index contributed by atoms with van der Waals surface area (Å²) in [7, 11) is 0. The Morgan fingerprint density at radius 3 is 2.12 bits per heavy atom. The molecule has 0 bridgehead atoms. The van der Waals surface area contributed by atoms with Crippen LogP contribution in [0.5, 0.6) is 0 Å². The van der Waals surface area contributed by atoms with Gasteiger partial charge in [-0.25, -0.2) is 15.0 Å². The fraction of sp³-hybridized carbons (Fsp3) is 0.0962. The average molecular weight is 724 g/mol. The van der Waals surface area contributed by atoms with Gasteiger partial charge in [0, 0.05) is 38.8 Å². The predicted molar refractivity (Wildman–Crippen MR) is 232 cm³/mol. The van der Waals surface area contributed by atoms with Crippen LogP contribution in [-0.2, 0) is 5.41 Å². The Hall–Kier alpha value is -6.91. The molecule has 0 saturated heterocycles. The summed E-state index contributed by atoms with van der Waals surface area (Å²) >= 11 is 0. The number of nitrogens with zero attached hydrogens (tertiary/aromatic N) is 3. The van der Waals surface area contributed by atoms with Crippen molar-refractivity contribution in [3.05, 3.63) is 200 Å². The van der Waals surface area contributed by atoms with Crippen LogP contribution in [0.4, 0.5) is 0 Å². The average Bonchev–Trinajstić information content (AvgIpc) is 3.73. The molecule has 8 aromatic rings. The maximum atomic E-state index is 6.51. The van der Waals surface area contributed by atoms with Crippen LogP contribution in [0.2, 0.25) is 0 Å². The molecule has 1 unspecified atom stereocenters. The van der Waals surface area contributed by atoms with Crippen molar-refractivity contribution in [1.82, 2.24) is 15.0 Å². The second-order valence-electron chi connectivity index (χ2n) is 15.0. The summed E-state index contributed by atoms with van der Waals surface area (Å²) in [6, 6.07) is 46.6. The molecule has 0 amide bonds. The van der Waals surface area contributed by atoms with Crippen molar-refractivity contribution < 1.29 is 4.42 Å². The maximum Gasteiger partial charge on any atom is 0.164 e. The molecule has 0 aliphatic heterocycles. The fourth-order valence-electron chi connectivity index (χ4n) is 8.40. The fourth-order valence-corrected chi connectivity index (χ4v) is 8.40. The van der Waals surface area contributed by atoms with Gasteiger partial charge in [-0.3, -0.25) is 0 Å². The second kappa shape index (κ2) is 14.1. The minimum absolute atomic E-state index is 0.129. The van der Waals surface area contributed by atoms with E-state index in [1.54, 1.807) is 6.08 Å². The number of rotatable bonds is 10. The number of hydrogen-bond acceptors (Lipinski definition) is 4. The smallest absolute Gasteiger partial charge is 0.164 e. The third-order valence-corrected chi connectivity index (χ3v) is 11.1. The molecule has 56 heavy (non-hydrogen) atoms. The van der Waals surface area contributed by atoms with Crippen LogP contribution in [0.3, 0.4) is 0 Å². The number of furan rings is 1. The molecule has 0 radical (unpaired) electrons. The summed E-state index contributed by atoms with van der Waals surface area (Å²) in [6.07, 6.45) is 8.48. The molecule has 0 N–H and O–H groups in total. The van der Waals surface area contributed by atoms with Gasteiger partial charge in [-0.1, -0.05) is 172 Å². The van der Waals surface area contributed by atoms with Crippen molar-refractivity contribution in [2.75, 3.05) is 0 Å². The van der Waals surface area contributed by atoms with Crippen molar-refractivity contribution in [2.24, 2.45) is 0 Å². The highest BCUT2D eigenvalue weighted by Crippen LogP contribution is 2.52. The van der Waals surface area contributed by atoms with Crippen LogP contribution in [0.1, 0.15) is 42.9 Å². The van der Waals surface area contributed by atoms with E-state index in [0.717, 1.165) is 61.7 Å². The predicted octanol–water partition coefficient (Wildman–Crippen LogP) is 13.7. The van der Waals surface area contributed by atoms with Gasteiger partial charge in [0.25, 0.3) is 0 Å². The van der Waals surface area contributed by atoms with Gasteiger partial charge in [0.1, 0.15) is 11.2 Å². The first kappa shape index (κ1) is 34.8. The minimum Gasteiger partial charge on any atom is -0.456 e. The normalized spacial score (nSPS) is 13.5. The molecule has 4 heteroatoms. The van der Waals surface area contributed by atoms with Gasteiger partial charge in [-0.2, -0.15) is 0 Å². The molecule has 1 aliphatic carbocycles. The number of aromatic nitrogens is 3. The lowest BCUT2D eigenvalue weighted by Gasteiger charge is -2.24. The highest BCUT2D eigenvalue weighted by Gasteiger charge is 2.38. The lowest BCUT2D eigenvalue weighted by atomic mass is 9.80. The van der Waals surface area contributed by atoms with Crippen LogP contribution in [0.25, 0.3) is 78.4 Å². The Morgan fingerprint density at radius 1 is 0.643 bits per heavy atom. The van der Waals surface area contributed by atoms with Gasteiger partial charge in [0.05, 0.1) is 0 Å². The summed E-state index contributed by atoms with van der Waals surface area (Å²) in [5.74, 6) is 2.00. The molecule has 2 heterocycles. The summed E-state index contributed by atoms with van der Waals surface area (Å²) in [5.41, 5.74) is 13.6. The Morgan fingerprint density at radius 2 is 1.30 bits per heavy atom. The Labute approximate surface area is 328 Å². The van der Waals surface area contributed by atoms with E-state index < -0.39 is 0 Å². The van der Waals surface area contributed by atoms with E-state index in [1.165, 1.54) is 27.8 Å². The van der Waals surface area contributed by atoms with Gasteiger partial charge < -0.3 is 4.42 Å². The van der Waals surface area contributed by atoms with Crippen LogP contribution < -0.4 is 0 Å². The monoisotopic (exact) mass is 723 g/mol. The van der Waals surface area contributed by atoms with Gasteiger partial charge in [-0.05, 0) is 63.6 Å². The van der Waals surface area contributed by atoms with E-state index >= 15 is 0 Å². The molecule has 6 aromatic carbocycles. The SMILES string of the molecule is C=C/C=C/C(=C)CC(C=C)c1cccc(-c2ccc3oc4cccc(-c5nc(-c6ccccc6)nc(-c6cccc7c6C(C)(C)c6ccccc6-7)n5)c4c3c2)c1. The minimum atomic E-state index is -0.237. The Balaban J connectivity index is 1.20. The zero-order valence-electron chi connectivity index (χ0n) is 31.7. The Bertz CT molecular complexity index is 2880. The van der Waals surface area contributed by atoms with Gasteiger partial charge in [0.2, 0.25) is 0 Å². The van der Waals surface area contributed by atoms with Gasteiger partial charge >= 0.3 is 0 Å². The third kappa shape index (κ3) is 6.00. The molecule has 9 rings (SSSR count). The lowest BCUT2D eigenvalue weighted by molar-refractivity contribution is 0.661. The molecule has 4 nitrogen and oxygen atoms in total. The van der Waals surface area contributed by atoms with E-state index in [0.29, 0.717) is 17.5 Å². The zero-order chi connectivity index (χ0) is 38.4. The van der Waals surface area contributed by atoms with E-state index in [1.807, 2.05) is 48.6 Å². The lowest BCUT2D eigenvalue weighted by Crippen LogP contribution is -2.17. The number of allylic oxidation sites excluding steroid dienone is 5. The van der Waals surface area contributed by atoms with E-state index in [2.05, 4.69) is 137 Å².